The first kappa shape index (κ1) is 11.6. The van der Waals surface area contributed by atoms with Gasteiger partial charge in [-0.3, -0.25) is 0 Å². The summed E-state index contributed by atoms with van der Waals surface area (Å²) in [6, 6.07) is 13.9. The lowest BCUT2D eigenvalue weighted by Crippen LogP contribution is -1.96. The Kier molecular flexibility index (Phi) is 3.64. The molecule has 0 aliphatic carbocycles. The van der Waals surface area contributed by atoms with E-state index in [1.807, 2.05) is 42.5 Å². The number of halogens is 2. The molecule has 82 valence electrons. The molecular formula is C13H11BrClN. The topological polar surface area (TPSA) is 26.0 Å². The van der Waals surface area contributed by atoms with Crippen molar-refractivity contribution in [2.24, 2.45) is 5.73 Å². The highest BCUT2D eigenvalue weighted by molar-refractivity contribution is 9.10. The zero-order valence-electron chi connectivity index (χ0n) is 8.58. The van der Waals surface area contributed by atoms with Crippen molar-refractivity contribution in [1.29, 1.82) is 0 Å². The van der Waals surface area contributed by atoms with Gasteiger partial charge in [-0.05, 0) is 23.3 Å². The van der Waals surface area contributed by atoms with Crippen molar-refractivity contribution in [3.05, 3.63) is 57.5 Å². The second kappa shape index (κ2) is 5.00. The molecule has 2 aromatic rings. The van der Waals surface area contributed by atoms with Crippen LogP contribution in [-0.4, -0.2) is 0 Å². The predicted octanol–water partition coefficient (Wildman–Crippen LogP) is 4.23. The Balaban J connectivity index is 2.53. The molecule has 2 N–H and O–H groups in total. The summed E-state index contributed by atoms with van der Waals surface area (Å²) in [4.78, 5) is 0. The second-order valence-corrected chi connectivity index (χ2v) is 4.76. The van der Waals surface area contributed by atoms with Crippen LogP contribution in [0.25, 0.3) is 11.1 Å². The van der Waals surface area contributed by atoms with Gasteiger partial charge in [0.2, 0.25) is 0 Å². The predicted molar refractivity (Wildman–Crippen MR) is 72.5 cm³/mol. The molecule has 16 heavy (non-hydrogen) atoms. The maximum atomic E-state index is 6.24. The molecule has 2 rings (SSSR count). The van der Waals surface area contributed by atoms with E-state index in [1.165, 1.54) is 0 Å². The molecule has 0 saturated carbocycles. The van der Waals surface area contributed by atoms with Crippen LogP contribution in [0.1, 0.15) is 5.56 Å². The summed E-state index contributed by atoms with van der Waals surface area (Å²) in [5.74, 6) is 0. The van der Waals surface area contributed by atoms with Gasteiger partial charge in [-0.15, -0.1) is 0 Å². The highest BCUT2D eigenvalue weighted by Crippen LogP contribution is 2.33. The monoisotopic (exact) mass is 295 g/mol. The summed E-state index contributed by atoms with van der Waals surface area (Å²) in [6.07, 6.45) is 0. The van der Waals surface area contributed by atoms with Crippen molar-refractivity contribution in [2.75, 3.05) is 0 Å². The normalized spacial score (nSPS) is 10.4. The molecule has 1 nitrogen and oxygen atoms in total. The Morgan fingerprint density at radius 2 is 1.81 bits per heavy atom. The summed E-state index contributed by atoms with van der Waals surface area (Å²) >= 11 is 9.76. The Labute approximate surface area is 108 Å². The first-order valence-corrected chi connectivity index (χ1v) is 6.13. The number of hydrogen-bond donors (Lipinski definition) is 1. The highest BCUT2D eigenvalue weighted by atomic mass is 79.9. The third-order valence-corrected chi connectivity index (χ3v) is 3.44. The summed E-state index contributed by atoms with van der Waals surface area (Å²) in [5, 5.41) is 0.731. The van der Waals surface area contributed by atoms with Gasteiger partial charge in [0.05, 0.1) is 0 Å². The number of benzene rings is 2. The standard InChI is InChI=1S/C13H11BrClN/c14-12-4-2-1-3-10(12)11-6-5-9(8-16)7-13(11)15/h1-7H,8,16H2. The molecule has 0 amide bonds. The first-order valence-electron chi connectivity index (χ1n) is 4.96. The Morgan fingerprint density at radius 3 is 2.44 bits per heavy atom. The molecule has 0 heterocycles. The van der Waals surface area contributed by atoms with E-state index in [0.29, 0.717) is 6.54 Å². The van der Waals surface area contributed by atoms with E-state index in [1.54, 1.807) is 0 Å². The SMILES string of the molecule is NCc1ccc(-c2ccccc2Br)c(Cl)c1. The smallest absolute Gasteiger partial charge is 0.0488 e. The fraction of sp³-hybridized carbons (Fsp3) is 0.0769. The van der Waals surface area contributed by atoms with Crippen molar-refractivity contribution < 1.29 is 0 Å². The Morgan fingerprint density at radius 1 is 1.06 bits per heavy atom. The van der Waals surface area contributed by atoms with E-state index in [-0.39, 0.29) is 0 Å². The zero-order valence-corrected chi connectivity index (χ0v) is 10.9. The van der Waals surface area contributed by atoms with Gasteiger partial charge in [-0.1, -0.05) is 57.9 Å². The summed E-state index contributed by atoms with van der Waals surface area (Å²) in [7, 11) is 0. The van der Waals surface area contributed by atoms with Crippen LogP contribution in [0.15, 0.2) is 46.9 Å². The number of nitrogens with two attached hydrogens (primary N) is 1. The molecule has 0 saturated heterocycles. The number of hydrogen-bond acceptors (Lipinski definition) is 1. The third kappa shape index (κ3) is 2.29. The summed E-state index contributed by atoms with van der Waals surface area (Å²) in [6.45, 7) is 0.510. The largest absolute Gasteiger partial charge is 0.326 e. The summed E-state index contributed by atoms with van der Waals surface area (Å²) < 4.78 is 1.04. The van der Waals surface area contributed by atoms with Gasteiger partial charge in [-0.25, -0.2) is 0 Å². The van der Waals surface area contributed by atoms with Gasteiger partial charge in [0, 0.05) is 21.6 Å². The Bertz CT molecular complexity index is 511. The van der Waals surface area contributed by atoms with Gasteiger partial charge in [-0.2, -0.15) is 0 Å². The number of rotatable bonds is 2. The molecule has 0 fully saturated rings. The van der Waals surface area contributed by atoms with Crippen molar-refractivity contribution in [2.45, 2.75) is 6.54 Å². The quantitative estimate of drug-likeness (QED) is 0.882. The minimum absolute atomic E-state index is 0.510. The van der Waals surface area contributed by atoms with Crippen LogP contribution in [-0.2, 0) is 6.54 Å². The third-order valence-electron chi connectivity index (χ3n) is 2.43. The molecule has 2 aromatic carbocycles. The van der Waals surface area contributed by atoms with Gasteiger partial charge in [0.1, 0.15) is 0 Å². The Hall–Kier alpha value is -0.830. The fourth-order valence-electron chi connectivity index (χ4n) is 1.58. The lowest BCUT2D eigenvalue weighted by atomic mass is 10.0. The van der Waals surface area contributed by atoms with Crippen LogP contribution in [0.4, 0.5) is 0 Å². The highest BCUT2D eigenvalue weighted by Gasteiger charge is 2.06. The van der Waals surface area contributed by atoms with E-state index in [0.717, 1.165) is 26.2 Å². The minimum Gasteiger partial charge on any atom is -0.326 e. The molecule has 0 unspecified atom stereocenters. The molecule has 0 bridgehead atoms. The van der Waals surface area contributed by atoms with Crippen LogP contribution in [0.2, 0.25) is 5.02 Å². The molecule has 0 aliphatic heterocycles. The lowest BCUT2D eigenvalue weighted by molar-refractivity contribution is 1.07. The maximum absolute atomic E-state index is 6.24. The molecule has 0 radical (unpaired) electrons. The first-order chi connectivity index (χ1) is 7.72. The van der Waals surface area contributed by atoms with E-state index in [9.17, 15) is 0 Å². The molecular weight excluding hydrogens is 286 g/mol. The zero-order chi connectivity index (χ0) is 11.5. The fourth-order valence-corrected chi connectivity index (χ4v) is 2.39. The van der Waals surface area contributed by atoms with Gasteiger partial charge in [0.15, 0.2) is 0 Å². The van der Waals surface area contributed by atoms with Crippen LogP contribution >= 0.6 is 27.5 Å². The van der Waals surface area contributed by atoms with E-state index < -0.39 is 0 Å². The lowest BCUT2D eigenvalue weighted by Gasteiger charge is -2.08. The van der Waals surface area contributed by atoms with Crippen molar-refractivity contribution >= 4 is 27.5 Å². The minimum atomic E-state index is 0.510. The average Bonchev–Trinajstić information content (AvgIpc) is 2.30. The van der Waals surface area contributed by atoms with Crippen molar-refractivity contribution in [3.8, 4) is 11.1 Å². The second-order valence-electron chi connectivity index (χ2n) is 3.50. The van der Waals surface area contributed by atoms with Gasteiger partial charge >= 0.3 is 0 Å². The molecule has 0 aliphatic rings. The average molecular weight is 297 g/mol. The summed E-state index contributed by atoms with van der Waals surface area (Å²) in [5.41, 5.74) is 8.73. The van der Waals surface area contributed by atoms with Crippen molar-refractivity contribution in [1.82, 2.24) is 0 Å². The molecule has 0 spiro atoms. The van der Waals surface area contributed by atoms with E-state index >= 15 is 0 Å². The van der Waals surface area contributed by atoms with Gasteiger partial charge in [0.25, 0.3) is 0 Å². The van der Waals surface area contributed by atoms with E-state index in [4.69, 9.17) is 17.3 Å². The molecule has 3 heteroatoms. The molecule has 0 aromatic heterocycles. The van der Waals surface area contributed by atoms with E-state index in [2.05, 4.69) is 15.9 Å². The van der Waals surface area contributed by atoms with Crippen LogP contribution in [0, 0.1) is 0 Å². The van der Waals surface area contributed by atoms with Crippen LogP contribution in [0.5, 0.6) is 0 Å². The van der Waals surface area contributed by atoms with Crippen LogP contribution in [0.3, 0.4) is 0 Å². The maximum Gasteiger partial charge on any atom is 0.0488 e. The molecule has 0 atom stereocenters. The van der Waals surface area contributed by atoms with Crippen LogP contribution < -0.4 is 5.73 Å². The van der Waals surface area contributed by atoms with Gasteiger partial charge < -0.3 is 5.73 Å². The van der Waals surface area contributed by atoms with Crippen molar-refractivity contribution in [3.63, 3.8) is 0 Å².